The Morgan fingerprint density at radius 1 is 1.00 bits per heavy atom. The number of rotatable bonds is 2. The molecule has 10 heteroatoms. The number of nitrogens with zero attached hydrogens (tertiary/aromatic N) is 4. The molecule has 8 nitrogen and oxygen atoms in total. The van der Waals surface area contributed by atoms with Crippen LogP contribution in [0.4, 0.5) is 5.69 Å². The number of hydrogen-bond acceptors (Lipinski definition) is 7. The smallest absolute Gasteiger partial charge is 0.262 e. The molecule has 1 saturated carbocycles. The van der Waals surface area contributed by atoms with Gasteiger partial charge in [-0.1, -0.05) is 31.0 Å². The fraction of sp³-hybridized carbons (Fsp3) is 0.667. The molecular formula is C42H60ClN5O3S. The van der Waals surface area contributed by atoms with Crippen LogP contribution in [-0.2, 0) is 21.5 Å². The molecule has 2 aliphatic carbocycles. The number of nitrogens with one attached hydrogen (secondary N) is 1. The highest BCUT2D eigenvalue weighted by Gasteiger charge is 2.45. The number of aryl methyl sites for hydroxylation is 1. The van der Waals surface area contributed by atoms with Crippen molar-refractivity contribution in [1.29, 1.82) is 0 Å². The van der Waals surface area contributed by atoms with Crippen molar-refractivity contribution in [2.75, 3.05) is 77.5 Å². The summed E-state index contributed by atoms with van der Waals surface area (Å²) in [6, 6.07) is 12.9. The second-order valence-corrected chi connectivity index (χ2v) is 20.4. The zero-order valence-corrected chi connectivity index (χ0v) is 33.2. The van der Waals surface area contributed by atoms with E-state index >= 15 is 0 Å². The summed E-state index contributed by atoms with van der Waals surface area (Å²) in [5.74, 6) is 6.69. The number of ether oxygens (including phenoxy) is 1. The fourth-order valence-electron chi connectivity index (χ4n) is 10.7. The van der Waals surface area contributed by atoms with E-state index in [0.29, 0.717) is 36.0 Å². The molecule has 3 fully saturated rings. The second kappa shape index (κ2) is 14.7. The molecule has 1 amide bonds. The topological polar surface area (TPSA) is 68.4 Å². The van der Waals surface area contributed by atoms with Crippen molar-refractivity contribution in [3.63, 3.8) is 0 Å². The van der Waals surface area contributed by atoms with Crippen LogP contribution in [-0.4, -0.2) is 115 Å². The third kappa shape index (κ3) is 7.26. The van der Waals surface area contributed by atoms with Gasteiger partial charge >= 0.3 is 0 Å². The van der Waals surface area contributed by atoms with Gasteiger partial charge in [-0.3, -0.25) is 14.4 Å². The maximum atomic E-state index is 14.0. The Hall–Kier alpha value is -2.30. The molecule has 1 spiro atoms. The molecule has 6 aliphatic rings. The standard InChI is InChI=1S/C42H60ClN5O3S/c1-29-7-5-8-33(23-46-18-20-47-19-17-45(3)25-36(47)26-46)37-13-10-34(37)24-48-27-42(16-6-9-31-21-35(43)12-14-38(31)42)28-51-40-15-11-32(22-39(40)48)41(49)44-52(4,50)30(29)2/h11-12,14-15,21-22,29-30,33-34,36-37H,4-10,13,16-20,23-28H2,1-3H3,(H,44,49,50)/t29-,30+,33-,34-,36-,37-,42-,52?/m0/s1. The minimum Gasteiger partial charge on any atom is -0.490 e. The fourth-order valence-corrected chi connectivity index (χ4v) is 12.4. The van der Waals surface area contributed by atoms with Gasteiger partial charge in [-0.05, 0) is 130 Å². The molecule has 2 aromatic rings. The Kier molecular flexibility index (Phi) is 10.4. The predicted octanol–water partition coefficient (Wildman–Crippen LogP) is 5.96. The minimum absolute atomic E-state index is 0.168. The molecular weight excluding hydrogens is 690 g/mol. The molecule has 1 N–H and O–H groups in total. The third-order valence-electron chi connectivity index (χ3n) is 14.2. The van der Waals surface area contributed by atoms with Crippen LogP contribution in [0.5, 0.6) is 5.75 Å². The highest BCUT2D eigenvalue weighted by molar-refractivity contribution is 7.99. The summed E-state index contributed by atoms with van der Waals surface area (Å²) in [4.78, 5) is 24.4. The maximum Gasteiger partial charge on any atom is 0.262 e. The summed E-state index contributed by atoms with van der Waals surface area (Å²) in [5.41, 5.74) is 4.02. The number of carbonyl (C=O) groups excluding carboxylic acids is 1. The van der Waals surface area contributed by atoms with E-state index in [1.807, 2.05) is 31.2 Å². The number of likely N-dealkylation sites (N-methyl/N-ethyl adjacent to an activating group) is 1. The van der Waals surface area contributed by atoms with Crippen LogP contribution in [0, 0.1) is 23.7 Å². The van der Waals surface area contributed by atoms with Crippen molar-refractivity contribution in [2.24, 2.45) is 23.7 Å². The number of carbonyl (C=O) groups is 1. The molecule has 2 aromatic carbocycles. The van der Waals surface area contributed by atoms with Gasteiger partial charge in [0.25, 0.3) is 5.91 Å². The molecule has 4 heterocycles. The summed E-state index contributed by atoms with van der Waals surface area (Å²) in [6.07, 6.45) is 9.01. The molecule has 2 bridgehead atoms. The van der Waals surface area contributed by atoms with E-state index in [9.17, 15) is 9.00 Å². The van der Waals surface area contributed by atoms with Gasteiger partial charge in [0, 0.05) is 86.2 Å². The van der Waals surface area contributed by atoms with Crippen molar-refractivity contribution in [2.45, 2.75) is 81.9 Å². The summed E-state index contributed by atoms with van der Waals surface area (Å²) in [6.45, 7) is 14.8. The zero-order valence-electron chi connectivity index (χ0n) is 31.7. The first kappa shape index (κ1) is 36.7. The number of amides is 1. The number of halogens is 1. The van der Waals surface area contributed by atoms with Crippen LogP contribution in [0.3, 0.4) is 0 Å². The Morgan fingerprint density at radius 2 is 1.85 bits per heavy atom. The molecule has 0 aromatic heterocycles. The van der Waals surface area contributed by atoms with Gasteiger partial charge in [0.2, 0.25) is 0 Å². The van der Waals surface area contributed by atoms with E-state index in [4.69, 9.17) is 16.3 Å². The predicted molar refractivity (Wildman–Crippen MR) is 214 cm³/mol. The first-order valence-corrected chi connectivity index (χ1v) is 22.3. The molecule has 1 unspecified atom stereocenters. The summed E-state index contributed by atoms with van der Waals surface area (Å²) in [5, 5.41) is 0.566. The van der Waals surface area contributed by atoms with Gasteiger partial charge in [-0.15, -0.1) is 0 Å². The molecule has 8 rings (SSSR count). The second-order valence-electron chi connectivity index (χ2n) is 17.5. The number of hydrogen-bond donors (Lipinski definition) is 1. The van der Waals surface area contributed by atoms with Gasteiger partial charge < -0.3 is 19.4 Å². The van der Waals surface area contributed by atoms with Crippen LogP contribution in [0.25, 0.3) is 0 Å². The van der Waals surface area contributed by atoms with Gasteiger partial charge in [-0.25, -0.2) is 4.21 Å². The maximum absolute atomic E-state index is 14.0. The van der Waals surface area contributed by atoms with Crippen molar-refractivity contribution in [3.05, 3.63) is 58.1 Å². The van der Waals surface area contributed by atoms with Crippen molar-refractivity contribution in [1.82, 2.24) is 19.4 Å². The lowest BCUT2D eigenvalue weighted by molar-refractivity contribution is -0.000935. The lowest BCUT2D eigenvalue weighted by Gasteiger charge is -2.50. The Balaban J connectivity index is 1.13. The molecule has 8 atom stereocenters. The first-order chi connectivity index (χ1) is 25.0. The SMILES string of the molecule is C=S1(=O)NC(=O)c2ccc3c(c2)N(C[C@@H]2CC[C@H]2[C@H](CN2CCN4CCN(C)C[C@H]4C2)CCC[C@H](C)[C@H]1C)C[C@@]1(CCCc2cc(Cl)ccc21)CO3. The number of piperazine rings is 2. The zero-order chi connectivity index (χ0) is 36.2. The van der Waals surface area contributed by atoms with Crippen LogP contribution in [0.15, 0.2) is 36.4 Å². The van der Waals surface area contributed by atoms with E-state index in [2.05, 4.69) is 56.3 Å². The lowest BCUT2D eigenvalue weighted by Crippen LogP contribution is -2.62. The van der Waals surface area contributed by atoms with Crippen LogP contribution in [0.2, 0.25) is 5.02 Å². The highest BCUT2D eigenvalue weighted by atomic mass is 35.5. The quantitative estimate of drug-likeness (QED) is 0.381. The Bertz CT molecular complexity index is 1750. The molecule has 284 valence electrons. The van der Waals surface area contributed by atoms with Crippen molar-refractivity contribution < 1.29 is 13.7 Å². The largest absolute Gasteiger partial charge is 0.490 e. The molecule has 2 saturated heterocycles. The van der Waals surface area contributed by atoms with Gasteiger partial charge in [0.1, 0.15) is 5.75 Å². The van der Waals surface area contributed by atoms with E-state index in [1.165, 1.54) is 69.7 Å². The van der Waals surface area contributed by atoms with E-state index in [1.54, 1.807) is 0 Å². The summed E-state index contributed by atoms with van der Waals surface area (Å²) in [7, 11) is -0.597. The molecule has 0 radical (unpaired) electrons. The van der Waals surface area contributed by atoms with Crippen molar-refractivity contribution in [3.8, 4) is 5.75 Å². The van der Waals surface area contributed by atoms with E-state index in [-0.39, 0.29) is 22.5 Å². The van der Waals surface area contributed by atoms with Gasteiger partial charge in [-0.2, -0.15) is 0 Å². The molecule has 52 heavy (non-hydrogen) atoms. The Morgan fingerprint density at radius 3 is 2.67 bits per heavy atom. The third-order valence-corrected chi connectivity index (χ3v) is 16.6. The average molecular weight is 750 g/mol. The number of fused-ring (bicyclic) bond motifs is 5. The van der Waals surface area contributed by atoms with E-state index < -0.39 is 9.71 Å². The average Bonchev–Trinajstić information content (AvgIpc) is 3.25. The lowest BCUT2D eigenvalue weighted by atomic mass is 9.65. The van der Waals surface area contributed by atoms with Crippen LogP contribution >= 0.6 is 11.6 Å². The number of benzene rings is 2. The normalized spacial score (nSPS) is 36.4. The van der Waals surface area contributed by atoms with Gasteiger partial charge in [0.15, 0.2) is 0 Å². The van der Waals surface area contributed by atoms with Gasteiger partial charge in [0.05, 0.1) is 22.0 Å². The first-order valence-electron chi connectivity index (χ1n) is 20.1. The monoisotopic (exact) mass is 749 g/mol. The number of anilines is 1. The Labute approximate surface area is 317 Å². The molecule has 4 aliphatic heterocycles. The van der Waals surface area contributed by atoms with Crippen molar-refractivity contribution >= 4 is 38.8 Å². The highest BCUT2D eigenvalue weighted by Crippen LogP contribution is 2.48. The van der Waals surface area contributed by atoms with Crippen LogP contribution < -0.4 is 14.4 Å². The summed E-state index contributed by atoms with van der Waals surface area (Å²) < 4.78 is 23.7. The summed E-state index contributed by atoms with van der Waals surface area (Å²) >= 11 is 6.53. The van der Waals surface area contributed by atoms with Crippen LogP contribution in [0.1, 0.15) is 80.3 Å². The van der Waals surface area contributed by atoms with E-state index in [0.717, 1.165) is 68.2 Å². The minimum atomic E-state index is -2.87.